The van der Waals surface area contributed by atoms with E-state index in [0.717, 1.165) is 32.1 Å². The number of hydrogen-bond acceptors (Lipinski definition) is 5. The minimum Gasteiger partial charge on any atom is -0.458 e. The largest absolute Gasteiger partial charge is 0.458 e. The highest BCUT2D eigenvalue weighted by Crippen LogP contribution is 2.58. The maximum absolute atomic E-state index is 12.1. The van der Waals surface area contributed by atoms with E-state index in [0.29, 0.717) is 18.3 Å². The number of carbonyl (C=O) groups excluding carboxylic acids is 2. The van der Waals surface area contributed by atoms with E-state index in [-0.39, 0.29) is 6.54 Å². The molecule has 0 unspecified atom stereocenters. The number of esters is 1. The summed E-state index contributed by atoms with van der Waals surface area (Å²) in [5.74, 6) is 0.446. The lowest BCUT2D eigenvalue weighted by atomic mass is 9.52. The Balaban J connectivity index is 1.53. The molecule has 1 amide bonds. The maximum Gasteiger partial charge on any atom is 0.408 e. The normalized spacial score (nSPS) is 38.3. The Hall–Kier alpha value is -1.30. The molecule has 2 N–H and O–H groups in total. The van der Waals surface area contributed by atoms with Gasteiger partial charge in [-0.3, -0.25) is 4.79 Å². The summed E-state index contributed by atoms with van der Waals surface area (Å²) in [5, 5.41) is 13.1. The Morgan fingerprint density at radius 2 is 1.78 bits per heavy atom. The van der Waals surface area contributed by atoms with E-state index >= 15 is 0 Å². The van der Waals surface area contributed by atoms with Crippen LogP contribution in [0.3, 0.4) is 0 Å². The summed E-state index contributed by atoms with van der Waals surface area (Å²) in [5.41, 5.74) is -1.80. The lowest BCUT2D eigenvalue weighted by molar-refractivity contribution is -0.219. The minimum atomic E-state index is -0.664. The van der Waals surface area contributed by atoms with Gasteiger partial charge in [-0.05, 0) is 64.7 Å². The van der Waals surface area contributed by atoms with Crippen LogP contribution in [0.5, 0.6) is 0 Å². The molecule has 2 atom stereocenters. The number of hydrogen-bond donors (Lipinski definition) is 2. The molecule has 4 aliphatic carbocycles. The fourth-order valence-electron chi connectivity index (χ4n) is 4.99. The van der Waals surface area contributed by atoms with Gasteiger partial charge in [0.1, 0.15) is 17.7 Å². The zero-order valence-electron chi connectivity index (χ0n) is 14.2. The van der Waals surface area contributed by atoms with Crippen molar-refractivity contribution >= 4 is 12.1 Å². The molecule has 130 valence electrons. The summed E-state index contributed by atoms with van der Waals surface area (Å²) in [4.78, 5) is 23.7. The van der Waals surface area contributed by atoms with Crippen LogP contribution in [-0.2, 0) is 14.3 Å². The van der Waals surface area contributed by atoms with E-state index in [1.54, 1.807) is 20.8 Å². The highest BCUT2D eigenvalue weighted by molar-refractivity contribution is 5.78. The number of amides is 1. The van der Waals surface area contributed by atoms with E-state index in [9.17, 15) is 14.7 Å². The lowest BCUT2D eigenvalue weighted by Crippen LogP contribution is -2.60. The second-order valence-electron chi connectivity index (χ2n) is 8.70. The van der Waals surface area contributed by atoms with Crippen LogP contribution in [0.15, 0.2) is 0 Å². The molecule has 4 saturated carbocycles. The predicted molar refractivity (Wildman–Crippen MR) is 82.7 cm³/mol. The Kier molecular flexibility index (Phi) is 3.86. The number of rotatable bonds is 3. The molecule has 6 heteroatoms. The molecule has 23 heavy (non-hydrogen) atoms. The van der Waals surface area contributed by atoms with E-state index in [1.165, 1.54) is 0 Å². The van der Waals surface area contributed by atoms with Gasteiger partial charge in [0.2, 0.25) is 0 Å². The van der Waals surface area contributed by atoms with Crippen LogP contribution in [0.4, 0.5) is 4.79 Å². The van der Waals surface area contributed by atoms with Crippen molar-refractivity contribution in [3.63, 3.8) is 0 Å². The van der Waals surface area contributed by atoms with E-state index < -0.39 is 28.9 Å². The van der Waals surface area contributed by atoms with E-state index in [2.05, 4.69) is 5.32 Å². The van der Waals surface area contributed by atoms with Gasteiger partial charge in [-0.1, -0.05) is 0 Å². The Morgan fingerprint density at radius 1 is 1.17 bits per heavy atom. The van der Waals surface area contributed by atoms with Gasteiger partial charge in [0.15, 0.2) is 0 Å². The SMILES string of the molecule is CC(C)(C)OC(=O)NCC(=O)OC12C[C@H]3C[C@@H](CC(O)(C3)C1)C2. The van der Waals surface area contributed by atoms with Crippen LogP contribution < -0.4 is 5.32 Å². The first-order valence-corrected chi connectivity index (χ1v) is 8.48. The van der Waals surface area contributed by atoms with Crippen molar-refractivity contribution in [1.82, 2.24) is 5.32 Å². The van der Waals surface area contributed by atoms with Gasteiger partial charge < -0.3 is 19.9 Å². The van der Waals surface area contributed by atoms with Crippen LogP contribution in [0.1, 0.15) is 59.3 Å². The Labute approximate surface area is 136 Å². The highest BCUT2D eigenvalue weighted by Gasteiger charge is 2.59. The summed E-state index contributed by atoms with van der Waals surface area (Å²) in [7, 11) is 0. The van der Waals surface area contributed by atoms with Crippen LogP contribution in [-0.4, -0.2) is 40.5 Å². The first-order chi connectivity index (χ1) is 10.6. The molecule has 4 rings (SSSR count). The molecule has 0 aromatic carbocycles. The van der Waals surface area contributed by atoms with Crippen molar-refractivity contribution in [2.75, 3.05) is 6.54 Å². The van der Waals surface area contributed by atoms with Crippen molar-refractivity contribution in [3.05, 3.63) is 0 Å². The number of alkyl carbamates (subject to hydrolysis) is 1. The third kappa shape index (κ3) is 3.79. The van der Waals surface area contributed by atoms with Crippen molar-refractivity contribution < 1.29 is 24.2 Å². The van der Waals surface area contributed by atoms with E-state index in [4.69, 9.17) is 9.47 Å². The summed E-state index contributed by atoms with van der Waals surface area (Å²) < 4.78 is 10.8. The summed E-state index contributed by atoms with van der Waals surface area (Å²) in [6, 6.07) is 0. The van der Waals surface area contributed by atoms with Crippen molar-refractivity contribution in [1.29, 1.82) is 0 Å². The molecule has 4 aliphatic rings. The quantitative estimate of drug-likeness (QED) is 0.777. The van der Waals surface area contributed by atoms with Gasteiger partial charge in [0.05, 0.1) is 5.60 Å². The first kappa shape index (κ1) is 16.6. The van der Waals surface area contributed by atoms with Crippen LogP contribution in [0, 0.1) is 11.8 Å². The minimum absolute atomic E-state index is 0.204. The molecular formula is C17H27NO5. The van der Waals surface area contributed by atoms with Gasteiger partial charge in [0.25, 0.3) is 0 Å². The highest BCUT2D eigenvalue weighted by atomic mass is 16.6. The second-order valence-corrected chi connectivity index (χ2v) is 8.70. The van der Waals surface area contributed by atoms with Gasteiger partial charge in [0, 0.05) is 6.42 Å². The van der Waals surface area contributed by atoms with E-state index in [1.807, 2.05) is 0 Å². The maximum atomic E-state index is 12.1. The Bertz CT molecular complexity index is 496. The van der Waals surface area contributed by atoms with Crippen LogP contribution in [0.25, 0.3) is 0 Å². The molecule has 0 heterocycles. The van der Waals surface area contributed by atoms with Crippen LogP contribution >= 0.6 is 0 Å². The lowest BCUT2D eigenvalue weighted by Gasteiger charge is -2.59. The third-order valence-corrected chi connectivity index (χ3v) is 5.08. The molecular weight excluding hydrogens is 298 g/mol. The molecule has 4 bridgehead atoms. The molecule has 0 aromatic rings. The summed E-state index contributed by atoms with van der Waals surface area (Å²) >= 11 is 0. The standard InChI is InChI=1S/C17H27NO5/c1-15(2,3)23-14(20)18-9-13(19)22-17-7-11-4-12(8-17)6-16(21,5-11)10-17/h11-12,21H,4-10H2,1-3H3,(H,18,20)/t11-,12-,16?,17?/m0/s1. The van der Waals surface area contributed by atoms with Crippen molar-refractivity contribution in [2.24, 2.45) is 11.8 Å². The number of aliphatic hydroxyl groups is 1. The molecule has 6 nitrogen and oxygen atoms in total. The Morgan fingerprint density at radius 3 is 2.30 bits per heavy atom. The molecule has 0 aromatic heterocycles. The van der Waals surface area contributed by atoms with Crippen molar-refractivity contribution in [3.8, 4) is 0 Å². The average Bonchev–Trinajstić information content (AvgIpc) is 2.30. The molecule has 0 spiro atoms. The van der Waals surface area contributed by atoms with Crippen LogP contribution in [0.2, 0.25) is 0 Å². The van der Waals surface area contributed by atoms with Gasteiger partial charge in [-0.15, -0.1) is 0 Å². The average molecular weight is 325 g/mol. The number of carbonyl (C=O) groups is 2. The molecule has 4 fully saturated rings. The summed E-state index contributed by atoms with van der Waals surface area (Å²) in [6.45, 7) is 5.09. The number of ether oxygens (including phenoxy) is 2. The summed E-state index contributed by atoms with van der Waals surface area (Å²) in [6.07, 6.45) is 4.38. The molecule has 0 radical (unpaired) electrons. The second kappa shape index (κ2) is 5.36. The van der Waals surface area contributed by atoms with Gasteiger partial charge >= 0.3 is 12.1 Å². The smallest absolute Gasteiger partial charge is 0.408 e. The molecule has 0 saturated heterocycles. The predicted octanol–water partition coefficient (Wildman–Crippen LogP) is 2.14. The van der Waals surface area contributed by atoms with Crippen molar-refractivity contribution in [2.45, 2.75) is 76.1 Å². The zero-order valence-corrected chi connectivity index (χ0v) is 14.2. The van der Waals surface area contributed by atoms with Gasteiger partial charge in [-0.2, -0.15) is 0 Å². The topological polar surface area (TPSA) is 84.9 Å². The fourth-order valence-corrected chi connectivity index (χ4v) is 4.99. The first-order valence-electron chi connectivity index (χ1n) is 8.48. The van der Waals surface area contributed by atoms with Gasteiger partial charge in [-0.25, -0.2) is 4.79 Å². The zero-order chi connectivity index (χ0) is 16.9. The third-order valence-electron chi connectivity index (χ3n) is 5.08. The molecule has 0 aliphatic heterocycles. The monoisotopic (exact) mass is 325 g/mol. The fraction of sp³-hybridized carbons (Fsp3) is 0.882. The number of nitrogens with one attached hydrogen (secondary N) is 1.